The number of hydrogen-bond donors (Lipinski definition) is 0. The number of unbranched alkanes of at least 4 members (excludes halogenated alkanes) is 1. The van der Waals surface area contributed by atoms with Crippen LogP contribution in [0.2, 0.25) is 0 Å². The van der Waals surface area contributed by atoms with Crippen LogP contribution in [-0.2, 0) is 9.47 Å². The maximum atomic E-state index is 8.49. The molecule has 0 radical (unpaired) electrons. The number of rotatable bonds is 7. The van der Waals surface area contributed by atoms with Crippen molar-refractivity contribution < 1.29 is 9.47 Å². The number of nitriles is 1. The average molecular weight is 231 g/mol. The predicted octanol–water partition coefficient (Wildman–Crippen LogP) is 3.16. The van der Waals surface area contributed by atoms with Crippen LogP contribution in [0.15, 0.2) is 0 Å². The van der Waals surface area contributed by atoms with E-state index in [4.69, 9.17) is 14.7 Å². The summed E-state index contributed by atoms with van der Waals surface area (Å²) in [5.74, 6) is 0.567. The van der Waals surface area contributed by atoms with Crippen LogP contribution < -0.4 is 0 Å². The Balaban J connectivity index is 3.90. The number of ether oxygens (including phenoxy) is 2. The van der Waals surface area contributed by atoms with E-state index in [1.165, 1.54) is 11.8 Å². The number of thioether (sulfide) groups is 1. The van der Waals surface area contributed by atoms with Crippen molar-refractivity contribution in [3.05, 3.63) is 0 Å². The maximum Gasteiger partial charge on any atom is 0.168 e. The summed E-state index contributed by atoms with van der Waals surface area (Å²) in [5.41, 5.74) is -0.229. The zero-order valence-corrected chi connectivity index (χ0v) is 10.9. The predicted molar refractivity (Wildman–Crippen MR) is 63.6 cm³/mol. The van der Waals surface area contributed by atoms with Crippen LogP contribution in [0.1, 0.15) is 40.5 Å². The highest BCUT2D eigenvalue weighted by Crippen LogP contribution is 2.15. The van der Waals surface area contributed by atoms with Crippen LogP contribution in [0.4, 0.5) is 0 Å². The molecule has 15 heavy (non-hydrogen) atoms. The van der Waals surface area contributed by atoms with Gasteiger partial charge in [-0.05, 0) is 39.0 Å². The van der Waals surface area contributed by atoms with E-state index >= 15 is 0 Å². The Morgan fingerprint density at radius 3 is 2.53 bits per heavy atom. The maximum absolute atomic E-state index is 8.49. The fraction of sp³-hybridized carbons (Fsp3) is 0.909. The van der Waals surface area contributed by atoms with Gasteiger partial charge in [-0.2, -0.15) is 5.26 Å². The molecule has 0 fully saturated rings. The van der Waals surface area contributed by atoms with Crippen molar-refractivity contribution in [2.24, 2.45) is 0 Å². The lowest BCUT2D eigenvalue weighted by molar-refractivity contribution is -0.182. The van der Waals surface area contributed by atoms with E-state index in [0.717, 1.165) is 12.8 Å². The smallest absolute Gasteiger partial charge is 0.168 e. The summed E-state index contributed by atoms with van der Waals surface area (Å²) in [4.78, 5) is 0. The van der Waals surface area contributed by atoms with E-state index in [-0.39, 0.29) is 11.9 Å². The lowest BCUT2D eigenvalue weighted by Gasteiger charge is -2.26. The monoisotopic (exact) mass is 231 g/mol. The van der Waals surface area contributed by atoms with Crippen molar-refractivity contribution in [3.8, 4) is 5.40 Å². The topological polar surface area (TPSA) is 42.2 Å². The Kier molecular flexibility index (Phi) is 7.85. The SMILES string of the molecule is CCCCOC(CSC#N)OC(C)(C)C. The van der Waals surface area contributed by atoms with Gasteiger partial charge in [0.25, 0.3) is 0 Å². The molecule has 4 heteroatoms. The lowest BCUT2D eigenvalue weighted by atomic mass is 10.2. The van der Waals surface area contributed by atoms with Crippen molar-refractivity contribution in [2.45, 2.75) is 52.4 Å². The molecule has 0 bridgehead atoms. The van der Waals surface area contributed by atoms with E-state index in [1.807, 2.05) is 26.2 Å². The van der Waals surface area contributed by atoms with Crippen molar-refractivity contribution in [2.75, 3.05) is 12.4 Å². The summed E-state index contributed by atoms with van der Waals surface area (Å²) in [7, 11) is 0. The van der Waals surface area contributed by atoms with Crippen molar-refractivity contribution in [1.29, 1.82) is 5.26 Å². The molecular weight excluding hydrogens is 210 g/mol. The first-order chi connectivity index (χ1) is 6.99. The second kappa shape index (κ2) is 7.98. The van der Waals surface area contributed by atoms with Gasteiger partial charge in [-0.15, -0.1) is 0 Å². The minimum absolute atomic E-state index is 0.229. The van der Waals surface area contributed by atoms with Crippen LogP contribution in [0.25, 0.3) is 0 Å². The van der Waals surface area contributed by atoms with Gasteiger partial charge in [0.05, 0.1) is 11.4 Å². The molecule has 0 heterocycles. The molecule has 0 amide bonds. The van der Waals surface area contributed by atoms with E-state index in [2.05, 4.69) is 6.92 Å². The molecule has 88 valence electrons. The highest BCUT2D eigenvalue weighted by atomic mass is 32.2. The third-order valence-corrected chi connectivity index (χ3v) is 2.14. The summed E-state index contributed by atoms with van der Waals surface area (Å²) in [6, 6.07) is 0. The second-order valence-corrected chi connectivity index (χ2v) is 5.09. The fourth-order valence-corrected chi connectivity index (χ4v) is 1.35. The van der Waals surface area contributed by atoms with E-state index in [1.54, 1.807) is 0 Å². The summed E-state index contributed by atoms with van der Waals surface area (Å²) in [5, 5.41) is 10.5. The fourth-order valence-electron chi connectivity index (χ4n) is 0.975. The van der Waals surface area contributed by atoms with Crippen molar-refractivity contribution in [3.63, 3.8) is 0 Å². The Morgan fingerprint density at radius 1 is 1.40 bits per heavy atom. The van der Waals surface area contributed by atoms with Gasteiger partial charge in [-0.1, -0.05) is 13.3 Å². The minimum Gasteiger partial charge on any atom is -0.352 e. The molecule has 0 aliphatic heterocycles. The lowest BCUT2D eigenvalue weighted by Crippen LogP contribution is -2.31. The van der Waals surface area contributed by atoms with E-state index in [0.29, 0.717) is 12.4 Å². The zero-order chi connectivity index (χ0) is 11.7. The standard InChI is InChI=1S/C11H21NO2S/c1-5-6-7-13-10(8-15-9-12)14-11(2,3)4/h10H,5-8H2,1-4H3. The van der Waals surface area contributed by atoms with Crippen LogP contribution in [0.5, 0.6) is 0 Å². The molecule has 3 nitrogen and oxygen atoms in total. The molecule has 0 aliphatic carbocycles. The molecule has 0 saturated carbocycles. The van der Waals surface area contributed by atoms with Crippen LogP contribution in [0, 0.1) is 10.7 Å². The molecule has 0 spiro atoms. The Morgan fingerprint density at radius 2 is 2.07 bits per heavy atom. The summed E-state index contributed by atoms with van der Waals surface area (Å²) in [6.07, 6.45) is 1.86. The third kappa shape index (κ3) is 10.1. The molecule has 0 aliphatic rings. The third-order valence-electron chi connectivity index (χ3n) is 1.57. The highest BCUT2D eigenvalue weighted by molar-refractivity contribution is 8.03. The summed E-state index contributed by atoms with van der Waals surface area (Å²) >= 11 is 1.17. The first-order valence-electron chi connectivity index (χ1n) is 5.30. The summed E-state index contributed by atoms with van der Waals surface area (Å²) < 4.78 is 11.3. The first kappa shape index (κ1) is 14.8. The molecular formula is C11H21NO2S. The molecule has 0 aromatic heterocycles. The highest BCUT2D eigenvalue weighted by Gasteiger charge is 2.19. The molecule has 0 rings (SSSR count). The molecule has 0 N–H and O–H groups in total. The van der Waals surface area contributed by atoms with Gasteiger partial charge in [-0.25, -0.2) is 0 Å². The Hall–Kier alpha value is -0.240. The quantitative estimate of drug-likeness (QED) is 0.383. The van der Waals surface area contributed by atoms with Gasteiger partial charge in [0, 0.05) is 6.61 Å². The molecule has 0 saturated heterocycles. The molecule has 0 aromatic carbocycles. The van der Waals surface area contributed by atoms with Gasteiger partial charge in [0.2, 0.25) is 0 Å². The first-order valence-corrected chi connectivity index (χ1v) is 6.28. The van der Waals surface area contributed by atoms with Crippen molar-refractivity contribution >= 4 is 11.8 Å². The normalized spacial score (nSPS) is 13.5. The van der Waals surface area contributed by atoms with Gasteiger partial charge < -0.3 is 9.47 Å². The van der Waals surface area contributed by atoms with Crippen LogP contribution in [0.3, 0.4) is 0 Å². The second-order valence-electron chi connectivity index (χ2n) is 4.29. The average Bonchev–Trinajstić information content (AvgIpc) is 2.12. The Bertz CT molecular complexity index is 196. The minimum atomic E-state index is -0.277. The Labute approximate surface area is 97.1 Å². The van der Waals surface area contributed by atoms with E-state index in [9.17, 15) is 0 Å². The van der Waals surface area contributed by atoms with Gasteiger partial charge in [0.15, 0.2) is 6.29 Å². The van der Waals surface area contributed by atoms with E-state index < -0.39 is 0 Å². The van der Waals surface area contributed by atoms with Gasteiger partial charge in [0.1, 0.15) is 5.40 Å². The number of hydrogen-bond acceptors (Lipinski definition) is 4. The van der Waals surface area contributed by atoms with Gasteiger partial charge in [-0.3, -0.25) is 0 Å². The van der Waals surface area contributed by atoms with Crippen molar-refractivity contribution in [1.82, 2.24) is 0 Å². The summed E-state index contributed by atoms with van der Waals surface area (Å²) in [6.45, 7) is 8.77. The molecule has 0 aromatic rings. The molecule has 1 atom stereocenters. The largest absolute Gasteiger partial charge is 0.352 e. The number of nitrogens with zero attached hydrogens (tertiary/aromatic N) is 1. The molecule has 1 unspecified atom stereocenters. The zero-order valence-electron chi connectivity index (χ0n) is 10.1. The van der Waals surface area contributed by atoms with Gasteiger partial charge >= 0.3 is 0 Å². The van der Waals surface area contributed by atoms with Crippen LogP contribution >= 0.6 is 11.8 Å². The number of thiocyanates is 1. The van der Waals surface area contributed by atoms with Crippen LogP contribution in [-0.4, -0.2) is 24.3 Å².